The van der Waals surface area contributed by atoms with Crippen molar-refractivity contribution in [1.29, 1.82) is 0 Å². The summed E-state index contributed by atoms with van der Waals surface area (Å²) >= 11 is 0. The fourth-order valence-corrected chi connectivity index (χ4v) is 2.63. The molecule has 0 aliphatic heterocycles. The van der Waals surface area contributed by atoms with Crippen LogP contribution >= 0.6 is 0 Å². The fraction of sp³-hybridized carbons (Fsp3) is 0.650. The van der Waals surface area contributed by atoms with E-state index in [4.69, 9.17) is 4.74 Å². The monoisotopic (exact) mass is 319 g/mol. The summed E-state index contributed by atoms with van der Waals surface area (Å²) in [6.07, 6.45) is 4.98. The van der Waals surface area contributed by atoms with Gasteiger partial charge in [-0.05, 0) is 49.8 Å². The first-order valence-electron chi connectivity index (χ1n) is 9.03. The maximum Gasteiger partial charge on any atom is 0.261 e. The standard InChI is InChI=1S/C20H33NO2/c1-6-9-12-17(7-2)14-21-20(22)18(8-3)23-19-13-10-11-15(4)16(19)5/h10-11,13,17-18H,6-9,12,14H2,1-5H3,(H,21,22). The van der Waals surface area contributed by atoms with Crippen LogP contribution in [0.1, 0.15) is 64.0 Å². The lowest BCUT2D eigenvalue weighted by atomic mass is 9.99. The molecule has 0 aliphatic carbocycles. The Morgan fingerprint density at radius 3 is 2.52 bits per heavy atom. The zero-order chi connectivity index (χ0) is 17.2. The molecular formula is C20H33NO2. The Balaban J connectivity index is 2.59. The van der Waals surface area contributed by atoms with Crippen molar-refractivity contribution in [2.24, 2.45) is 5.92 Å². The van der Waals surface area contributed by atoms with Gasteiger partial charge in [-0.1, -0.05) is 52.2 Å². The maximum absolute atomic E-state index is 12.4. The van der Waals surface area contributed by atoms with Crippen LogP contribution in [0.3, 0.4) is 0 Å². The molecule has 3 nitrogen and oxygen atoms in total. The van der Waals surface area contributed by atoms with E-state index in [1.165, 1.54) is 24.8 Å². The Morgan fingerprint density at radius 1 is 1.17 bits per heavy atom. The molecule has 3 heteroatoms. The van der Waals surface area contributed by atoms with E-state index in [9.17, 15) is 4.79 Å². The third-order valence-corrected chi connectivity index (χ3v) is 4.60. The number of hydrogen-bond donors (Lipinski definition) is 1. The van der Waals surface area contributed by atoms with Crippen molar-refractivity contribution in [2.75, 3.05) is 6.54 Å². The Kier molecular flexibility index (Phi) is 8.75. The lowest BCUT2D eigenvalue weighted by Gasteiger charge is -2.21. The predicted molar refractivity (Wildman–Crippen MR) is 96.9 cm³/mol. The van der Waals surface area contributed by atoms with Gasteiger partial charge in [-0.25, -0.2) is 0 Å². The minimum atomic E-state index is -0.417. The van der Waals surface area contributed by atoms with Crippen LogP contribution in [0.2, 0.25) is 0 Å². The van der Waals surface area contributed by atoms with E-state index in [0.717, 1.165) is 24.3 Å². The number of aryl methyl sites for hydroxylation is 1. The number of carbonyl (C=O) groups excluding carboxylic acids is 1. The molecule has 0 saturated carbocycles. The Hall–Kier alpha value is -1.51. The maximum atomic E-state index is 12.4. The van der Waals surface area contributed by atoms with E-state index < -0.39 is 6.10 Å². The molecule has 23 heavy (non-hydrogen) atoms. The van der Waals surface area contributed by atoms with Gasteiger partial charge in [0, 0.05) is 6.54 Å². The zero-order valence-electron chi connectivity index (χ0n) is 15.4. The molecule has 0 bridgehead atoms. The van der Waals surface area contributed by atoms with E-state index in [1.54, 1.807) is 0 Å². The number of hydrogen-bond acceptors (Lipinski definition) is 2. The van der Waals surface area contributed by atoms with E-state index in [-0.39, 0.29) is 5.91 Å². The lowest BCUT2D eigenvalue weighted by molar-refractivity contribution is -0.128. The molecule has 2 atom stereocenters. The van der Waals surface area contributed by atoms with Crippen molar-refractivity contribution in [3.63, 3.8) is 0 Å². The number of unbranched alkanes of at least 4 members (excludes halogenated alkanes) is 1. The first kappa shape index (κ1) is 19.5. The van der Waals surface area contributed by atoms with Crippen LogP contribution in [0.25, 0.3) is 0 Å². The van der Waals surface area contributed by atoms with Crippen LogP contribution in [0, 0.1) is 19.8 Å². The van der Waals surface area contributed by atoms with Crippen molar-refractivity contribution < 1.29 is 9.53 Å². The Labute approximate surface area is 141 Å². The van der Waals surface area contributed by atoms with Gasteiger partial charge in [0.1, 0.15) is 5.75 Å². The number of carbonyl (C=O) groups is 1. The van der Waals surface area contributed by atoms with Crippen molar-refractivity contribution in [1.82, 2.24) is 5.32 Å². The van der Waals surface area contributed by atoms with Gasteiger partial charge in [-0.3, -0.25) is 4.79 Å². The minimum Gasteiger partial charge on any atom is -0.480 e. The smallest absolute Gasteiger partial charge is 0.261 e. The van der Waals surface area contributed by atoms with Gasteiger partial charge < -0.3 is 10.1 Å². The fourth-order valence-electron chi connectivity index (χ4n) is 2.63. The largest absolute Gasteiger partial charge is 0.480 e. The number of rotatable bonds is 10. The summed E-state index contributed by atoms with van der Waals surface area (Å²) in [5.41, 5.74) is 2.29. The quantitative estimate of drug-likeness (QED) is 0.673. The topological polar surface area (TPSA) is 38.3 Å². The van der Waals surface area contributed by atoms with Crippen LogP contribution in [0.5, 0.6) is 5.75 Å². The normalized spacial score (nSPS) is 13.4. The van der Waals surface area contributed by atoms with Gasteiger partial charge >= 0.3 is 0 Å². The minimum absolute atomic E-state index is 0.00311. The predicted octanol–water partition coefficient (Wildman–Crippen LogP) is 4.79. The highest BCUT2D eigenvalue weighted by molar-refractivity contribution is 5.81. The second-order valence-corrected chi connectivity index (χ2v) is 6.37. The second-order valence-electron chi connectivity index (χ2n) is 6.37. The van der Waals surface area contributed by atoms with Gasteiger partial charge in [0.2, 0.25) is 0 Å². The summed E-state index contributed by atoms with van der Waals surface area (Å²) in [6, 6.07) is 5.97. The molecule has 0 radical (unpaired) electrons. The average molecular weight is 319 g/mol. The first-order chi connectivity index (χ1) is 11.0. The van der Waals surface area contributed by atoms with Crippen molar-refractivity contribution in [3.8, 4) is 5.75 Å². The molecule has 1 aromatic rings. The third kappa shape index (κ3) is 6.25. The SMILES string of the molecule is CCCCC(CC)CNC(=O)C(CC)Oc1cccc(C)c1C. The molecule has 130 valence electrons. The molecule has 0 fully saturated rings. The summed E-state index contributed by atoms with van der Waals surface area (Å²) in [5.74, 6) is 1.38. The van der Waals surface area contributed by atoms with Gasteiger partial charge in [-0.15, -0.1) is 0 Å². The summed E-state index contributed by atoms with van der Waals surface area (Å²) in [4.78, 5) is 12.4. The van der Waals surface area contributed by atoms with Crippen LogP contribution in [-0.2, 0) is 4.79 Å². The zero-order valence-corrected chi connectivity index (χ0v) is 15.4. The molecule has 1 rings (SSSR count). The summed E-state index contributed by atoms with van der Waals surface area (Å²) in [7, 11) is 0. The van der Waals surface area contributed by atoms with Crippen LogP contribution in [0.15, 0.2) is 18.2 Å². The van der Waals surface area contributed by atoms with E-state index in [2.05, 4.69) is 32.2 Å². The average Bonchev–Trinajstić information content (AvgIpc) is 2.56. The number of nitrogens with one attached hydrogen (secondary N) is 1. The Morgan fingerprint density at radius 2 is 1.91 bits per heavy atom. The molecule has 0 aromatic heterocycles. The van der Waals surface area contributed by atoms with Crippen LogP contribution in [0.4, 0.5) is 0 Å². The molecule has 2 unspecified atom stereocenters. The summed E-state index contributed by atoms with van der Waals surface area (Å²) in [5, 5.41) is 3.08. The van der Waals surface area contributed by atoms with E-state index in [1.807, 2.05) is 26.0 Å². The van der Waals surface area contributed by atoms with Gasteiger partial charge in [0.15, 0.2) is 6.10 Å². The molecule has 0 heterocycles. The summed E-state index contributed by atoms with van der Waals surface area (Å²) in [6.45, 7) is 11.2. The highest BCUT2D eigenvalue weighted by Gasteiger charge is 2.20. The van der Waals surface area contributed by atoms with Crippen LogP contribution in [-0.4, -0.2) is 18.6 Å². The van der Waals surface area contributed by atoms with Gasteiger partial charge in [0.25, 0.3) is 5.91 Å². The first-order valence-corrected chi connectivity index (χ1v) is 9.03. The highest BCUT2D eigenvalue weighted by Crippen LogP contribution is 2.22. The Bertz CT molecular complexity index is 485. The molecule has 1 N–H and O–H groups in total. The van der Waals surface area contributed by atoms with Gasteiger partial charge in [0.05, 0.1) is 0 Å². The van der Waals surface area contributed by atoms with Crippen molar-refractivity contribution >= 4 is 5.91 Å². The molecule has 1 aromatic carbocycles. The molecule has 0 saturated heterocycles. The molecular weight excluding hydrogens is 286 g/mol. The highest BCUT2D eigenvalue weighted by atomic mass is 16.5. The van der Waals surface area contributed by atoms with E-state index in [0.29, 0.717) is 12.3 Å². The van der Waals surface area contributed by atoms with Crippen LogP contribution < -0.4 is 10.1 Å². The molecule has 0 aliphatic rings. The number of benzene rings is 1. The van der Waals surface area contributed by atoms with Gasteiger partial charge in [-0.2, -0.15) is 0 Å². The van der Waals surface area contributed by atoms with Crippen molar-refractivity contribution in [3.05, 3.63) is 29.3 Å². The summed E-state index contributed by atoms with van der Waals surface area (Å²) < 4.78 is 5.97. The molecule has 0 spiro atoms. The van der Waals surface area contributed by atoms with Crippen molar-refractivity contribution in [2.45, 2.75) is 72.8 Å². The van der Waals surface area contributed by atoms with E-state index >= 15 is 0 Å². The molecule has 1 amide bonds. The number of amides is 1. The lowest BCUT2D eigenvalue weighted by Crippen LogP contribution is -2.40. The third-order valence-electron chi connectivity index (χ3n) is 4.60. The number of ether oxygens (including phenoxy) is 1. The second kappa shape index (κ2) is 10.3.